The SMILES string of the molecule is CO[C@H]1[C@H]2OS(=O)(=O)NC[C@H]3O[C@@H](n4cnc5c(N)ncnc54)[C@H](F)[C@@H]3OP(=O)([O-])OC[C@H]1O[C@H]2n1cnc2c(=O)[nH]c(N)nc21. The molecule has 0 saturated carbocycles. The van der Waals surface area contributed by atoms with Crippen molar-refractivity contribution in [2.24, 2.45) is 0 Å². The van der Waals surface area contributed by atoms with Gasteiger partial charge in [0, 0.05) is 13.7 Å². The first-order chi connectivity index (χ1) is 21.9. The normalized spacial score (nSPS) is 35.0. The second-order valence-corrected chi connectivity index (χ2v) is 13.1. The van der Waals surface area contributed by atoms with Crippen molar-refractivity contribution in [1.29, 1.82) is 0 Å². The number of nitrogens with two attached hydrogens (primary N) is 2. The smallest absolute Gasteiger partial charge is 0.336 e. The highest BCUT2D eigenvalue weighted by Crippen LogP contribution is 2.47. The minimum atomic E-state index is -5.34. The Balaban J connectivity index is 1.22. The van der Waals surface area contributed by atoms with Crippen LogP contribution in [0, 0.1) is 0 Å². The minimum absolute atomic E-state index is 0.00223. The molecule has 9 atom stereocenters. The maximum absolute atomic E-state index is 15.9. The molecule has 4 aromatic rings. The van der Waals surface area contributed by atoms with Gasteiger partial charge < -0.3 is 39.6 Å². The Labute approximate surface area is 256 Å². The van der Waals surface area contributed by atoms with Gasteiger partial charge in [0.15, 0.2) is 47.4 Å². The molecule has 6 N–H and O–H groups in total. The van der Waals surface area contributed by atoms with Gasteiger partial charge in [0.2, 0.25) is 5.95 Å². The predicted molar refractivity (Wildman–Crippen MR) is 146 cm³/mol. The topological polar surface area (TPSA) is 301 Å². The molecule has 0 spiro atoms. The first kappa shape index (κ1) is 30.9. The molecule has 25 heteroatoms. The van der Waals surface area contributed by atoms with Crippen molar-refractivity contribution < 1.29 is 49.7 Å². The van der Waals surface area contributed by atoms with E-state index < -0.39 is 86.0 Å². The maximum Gasteiger partial charge on any atom is 0.336 e. The lowest BCUT2D eigenvalue weighted by Crippen LogP contribution is -2.44. The molecular weight excluding hydrogens is 664 g/mol. The fraction of sp³-hybridized carbons (Fsp3) is 0.524. The average molecular weight is 689 g/mol. The number of halogens is 1. The van der Waals surface area contributed by atoms with Crippen molar-refractivity contribution in [1.82, 2.24) is 43.8 Å². The van der Waals surface area contributed by atoms with Gasteiger partial charge in [-0.05, 0) is 0 Å². The van der Waals surface area contributed by atoms with E-state index in [1.54, 1.807) is 0 Å². The predicted octanol–water partition coefficient (Wildman–Crippen LogP) is -2.62. The fourth-order valence-electron chi connectivity index (χ4n) is 5.56. The second-order valence-electron chi connectivity index (χ2n) is 10.3. The molecule has 3 aliphatic heterocycles. The van der Waals surface area contributed by atoms with E-state index in [0.717, 1.165) is 23.5 Å². The van der Waals surface area contributed by atoms with Gasteiger partial charge in [-0.2, -0.15) is 18.1 Å². The van der Waals surface area contributed by atoms with Gasteiger partial charge in [-0.1, -0.05) is 0 Å². The molecule has 0 radical (unpaired) electrons. The molecule has 22 nitrogen and oxygen atoms in total. The molecule has 1 unspecified atom stereocenters. The molecule has 3 fully saturated rings. The number of ether oxygens (including phenoxy) is 3. The van der Waals surface area contributed by atoms with Crippen LogP contribution in [0.4, 0.5) is 16.2 Å². The number of fused-ring (bicyclic) bond motifs is 5. The third-order valence-corrected chi connectivity index (χ3v) is 9.52. The molecule has 248 valence electrons. The number of nitrogens with zero attached hydrogens (tertiary/aromatic N) is 7. The highest BCUT2D eigenvalue weighted by molar-refractivity contribution is 7.84. The van der Waals surface area contributed by atoms with Crippen molar-refractivity contribution in [2.45, 2.75) is 49.1 Å². The molecule has 3 aliphatic rings. The van der Waals surface area contributed by atoms with Crippen molar-refractivity contribution in [2.75, 3.05) is 31.7 Å². The van der Waals surface area contributed by atoms with E-state index in [4.69, 9.17) is 38.9 Å². The zero-order chi connectivity index (χ0) is 32.5. The van der Waals surface area contributed by atoms with Gasteiger partial charge in [0.1, 0.15) is 36.3 Å². The van der Waals surface area contributed by atoms with Gasteiger partial charge in [0.25, 0.3) is 13.4 Å². The monoisotopic (exact) mass is 688 g/mol. The van der Waals surface area contributed by atoms with Crippen molar-refractivity contribution in [3.63, 3.8) is 0 Å². The molecule has 4 aromatic heterocycles. The summed E-state index contributed by atoms with van der Waals surface area (Å²) in [5.41, 5.74) is 10.8. The lowest BCUT2D eigenvalue weighted by Gasteiger charge is -2.30. The number of aromatic nitrogens is 8. The Hall–Kier alpha value is -3.71. The first-order valence-electron chi connectivity index (χ1n) is 13.3. The molecule has 3 saturated heterocycles. The Kier molecular flexibility index (Phi) is 7.54. The largest absolute Gasteiger partial charge is 0.756 e. The van der Waals surface area contributed by atoms with Crippen molar-refractivity contribution >= 4 is 52.2 Å². The van der Waals surface area contributed by atoms with E-state index in [9.17, 15) is 22.7 Å². The summed E-state index contributed by atoms with van der Waals surface area (Å²) in [6.07, 6.45) is -9.37. The van der Waals surface area contributed by atoms with Crippen LogP contribution in [0.25, 0.3) is 22.3 Å². The van der Waals surface area contributed by atoms with Crippen LogP contribution in [0.15, 0.2) is 23.8 Å². The molecule has 0 amide bonds. The van der Waals surface area contributed by atoms with Crippen molar-refractivity contribution in [3.8, 4) is 0 Å². The van der Waals surface area contributed by atoms with E-state index >= 15 is 4.39 Å². The van der Waals surface area contributed by atoms with Crippen LogP contribution in [0.3, 0.4) is 0 Å². The van der Waals surface area contributed by atoms with Crippen LogP contribution in [-0.4, -0.2) is 104 Å². The van der Waals surface area contributed by atoms with E-state index in [1.165, 1.54) is 11.7 Å². The van der Waals surface area contributed by atoms with Gasteiger partial charge in [-0.15, -0.1) is 0 Å². The molecule has 0 aromatic carbocycles. The number of rotatable bonds is 3. The number of aromatic amines is 1. The number of nitrogen functional groups attached to an aromatic ring is 2. The summed E-state index contributed by atoms with van der Waals surface area (Å²) < 4.78 is 92.8. The Morgan fingerprint density at radius 1 is 1.07 bits per heavy atom. The van der Waals surface area contributed by atoms with Gasteiger partial charge >= 0.3 is 10.3 Å². The van der Waals surface area contributed by atoms with Crippen LogP contribution in [0.1, 0.15) is 12.5 Å². The summed E-state index contributed by atoms with van der Waals surface area (Å²) in [6.45, 7) is -1.51. The molecule has 7 rings (SSSR count). The number of methoxy groups -OCH3 is 1. The van der Waals surface area contributed by atoms with Crippen LogP contribution < -0.4 is 26.6 Å². The molecule has 0 aliphatic carbocycles. The lowest BCUT2D eigenvalue weighted by atomic mass is 10.1. The van der Waals surface area contributed by atoms with Crippen LogP contribution >= 0.6 is 7.82 Å². The van der Waals surface area contributed by atoms with E-state index in [1.807, 2.05) is 0 Å². The third kappa shape index (κ3) is 5.30. The number of imidazole rings is 2. The van der Waals surface area contributed by atoms with Crippen LogP contribution in [0.2, 0.25) is 0 Å². The lowest BCUT2D eigenvalue weighted by molar-refractivity contribution is -0.235. The van der Waals surface area contributed by atoms with E-state index in [2.05, 4.69) is 34.6 Å². The number of H-pyrrole nitrogens is 1. The zero-order valence-electron chi connectivity index (χ0n) is 23.3. The number of hydrogen-bond donors (Lipinski definition) is 4. The zero-order valence-corrected chi connectivity index (χ0v) is 25.0. The Morgan fingerprint density at radius 2 is 1.78 bits per heavy atom. The van der Waals surface area contributed by atoms with Crippen LogP contribution in [-0.2, 0) is 42.3 Å². The number of nitrogens with one attached hydrogen (secondary N) is 2. The third-order valence-electron chi connectivity index (χ3n) is 7.56. The summed E-state index contributed by atoms with van der Waals surface area (Å²) in [5, 5.41) is 0. The average Bonchev–Trinajstić information content (AvgIpc) is 3.75. The van der Waals surface area contributed by atoms with Crippen molar-refractivity contribution in [3.05, 3.63) is 29.3 Å². The first-order valence-corrected chi connectivity index (χ1v) is 16.2. The number of hydrogen-bond acceptors (Lipinski definition) is 18. The van der Waals surface area contributed by atoms with Crippen LogP contribution in [0.5, 0.6) is 0 Å². The Morgan fingerprint density at radius 3 is 2.54 bits per heavy atom. The summed E-state index contributed by atoms with van der Waals surface area (Å²) in [7, 11) is -8.89. The highest BCUT2D eigenvalue weighted by Gasteiger charge is 2.53. The quantitative estimate of drug-likeness (QED) is 0.160. The number of phosphoric acid groups is 1. The molecule has 7 heterocycles. The van der Waals surface area contributed by atoms with Gasteiger partial charge in [0.05, 0.1) is 19.3 Å². The standard InChI is InChI=1S/C21H25FN11O11PS/c1-39-13-8-3-40-45(35,36)43-12-7(41-19(9(12)22)32-5-27-10-15(23)25-4-26-16(10)32)2-29-46(37,38)44-14(13)20(42-8)33-6-28-11-17(33)30-21(24)31-18(11)34/h4-9,12-14,19-20,29H,2-3H2,1H3,(H,35,36)(H2,23,25,26)(H3,24,30,31,34)/p-1/t7-,8-,9-,12-,13-,14-,19-,20-/m1/s1. The minimum Gasteiger partial charge on any atom is -0.756 e. The number of anilines is 2. The van der Waals surface area contributed by atoms with Gasteiger partial charge in [-0.3, -0.25) is 23.5 Å². The summed E-state index contributed by atoms with van der Waals surface area (Å²) in [5.74, 6) is -0.272. The Bertz CT molecular complexity index is 2030. The summed E-state index contributed by atoms with van der Waals surface area (Å²) >= 11 is 0. The fourth-order valence-corrected chi connectivity index (χ4v) is 7.43. The van der Waals surface area contributed by atoms with E-state index in [-0.39, 0.29) is 34.1 Å². The summed E-state index contributed by atoms with van der Waals surface area (Å²) in [6, 6.07) is 0. The highest BCUT2D eigenvalue weighted by atomic mass is 32.2. The van der Waals surface area contributed by atoms with Gasteiger partial charge in [-0.25, -0.2) is 28.5 Å². The molecule has 2 bridgehead atoms. The molecular formula is C21H24FN11O11PS-. The van der Waals surface area contributed by atoms with E-state index in [0.29, 0.717) is 0 Å². The number of alkyl halides is 1. The summed E-state index contributed by atoms with van der Waals surface area (Å²) in [4.78, 5) is 47.6. The number of phosphoric ester groups is 1. The molecule has 46 heavy (non-hydrogen) atoms. The second kappa shape index (κ2) is 11.2. The maximum atomic E-state index is 15.9.